The summed E-state index contributed by atoms with van der Waals surface area (Å²) < 4.78 is 0. The number of nitrogens with one attached hydrogen (secondary N) is 1. The molecule has 2 N–H and O–H groups in total. The van der Waals surface area contributed by atoms with Gasteiger partial charge in [-0.1, -0.05) is 0 Å². The molecule has 0 aromatic carbocycles. The second-order valence-corrected chi connectivity index (χ2v) is 4.81. The molecular formula is C13H17N3OS. The molecule has 0 spiro atoms. The zero-order chi connectivity index (χ0) is 12.8. The summed E-state index contributed by atoms with van der Waals surface area (Å²) in [5, 5.41) is 16.3. The van der Waals surface area contributed by atoms with Crippen LogP contribution in [0.5, 0.6) is 0 Å². The van der Waals surface area contributed by atoms with Crippen LogP contribution in [0.3, 0.4) is 0 Å². The minimum absolute atomic E-state index is 0.147. The number of anilines is 2. The van der Waals surface area contributed by atoms with Gasteiger partial charge in [0.1, 0.15) is 5.82 Å². The van der Waals surface area contributed by atoms with Crippen LogP contribution >= 0.6 is 11.3 Å². The smallest absolute Gasteiger partial charge is 0.126 e. The van der Waals surface area contributed by atoms with Gasteiger partial charge >= 0.3 is 0 Å². The lowest BCUT2D eigenvalue weighted by atomic mass is 10.3. The van der Waals surface area contributed by atoms with Crippen LogP contribution in [-0.2, 0) is 6.54 Å². The van der Waals surface area contributed by atoms with Gasteiger partial charge in [0.05, 0.1) is 18.5 Å². The molecular weight excluding hydrogens is 246 g/mol. The van der Waals surface area contributed by atoms with Crippen LogP contribution in [0, 0.1) is 0 Å². The first kappa shape index (κ1) is 12.9. The van der Waals surface area contributed by atoms with Gasteiger partial charge < -0.3 is 15.3 Å². The van der Waals surface area contributed by atoms with E-state index < -0.39 is 0 Å². The summed E-state index contributed by atoms with van der Waals surface area (Å²) in [4.78, 5) is 6.32. The van der Waals surface area contributed by atoms with E-state index in [0.29, 0.717) is 6.54 Å². The van der Waals surface area contributed by atoms with Crippen LogP contribution in [0.1, 0.15) is 5.56 Å². The number of hydrogen-bond acceptors (Lipinski definition) is 5. The Morgan fingerprint density at radius 3 is 2.89 bits per heavy atom. The molecule has 0 saturated carbocycles. The molecule has 5 heteroatoms. The first-order valence-corrected chi connectivity index (χ1v) is 6.77. The number of aromatic nitrogens is 1. The van der Waals surface area contributed by atoms with Gasteiger partial charge in [0, 0.05) is 20.1 Å². The largest absolute Gasteiger partial charge is 0.395 e. The Labute approximate surface area is 111 Å². The number of aliphatic hydroxyl groups is 1. The molecule has 0 fully saturated rings. The number of likely N-dealkylation sites (N-methyl/N-ethyl adjacent to an activating group) is 1. The molecule has 2 aromatic heterocycles. The normalized spacial score (nSPS) is 10.3. The molecule has 18 heavy (non-hydrogen) atoms. The van der Waals surface area contributed by atoms with Crippen molar-refractivity contribution in [2.45, 2.75) is 6.54 Å². The maximum atomic E-state index is 8.87. The predicted octanol–water partition coefficient (Wildman–Crippen LogP) is 2.18. The monoisotopic (exact) mass is 263 g/mol. The van der Waals surface area contributed by atoms with Crippen molar-refractivity contribution in [3.63, 3.8) is 0 Å². The summed E-state index contributed by atoms with van der Waals surface area (Å²) in [5.74, 6) is 0.863. The van der Waals surface area contributed by atoms with Crippen LogP contribution < -0.4 is 10.2 Å². The first-order chi connectivity index (χ1) is 8.79. The lowest BCUT2D eigenvalue weighted by Crippen LogP contribution is -2.21. The molecule has 2 heterocycles. The summed E-state index contributed by atoms with van der Waals surface area (Å²) in [7, 11) is 1.94. The second kappa shape index (κ2) is 6.37. The summed E-state index contributed by atoms with van der Waals surface area (Å²) in [6.07, 6.45) is 1.81. The maximum Gasteiger partial charge on any atom is 0.126 e. The molecule has 0 aliphatic carbocycles. The molecule has 0 atom stereocenters. The summed E-state index contributed by atoms with van der Waals surface area (Å²) in [5.41, 5.74) is 2.27. The van der Waals surface area contributed by atoms with Crippen molar-refractivity contribution in [2.24, 2.45) is 0 Å². The van der Waals surface area contributed by atoms with Crippen molar-refractivity contribution in [1.29, 1.82) is 0 Å². The Hall–Kier alpha value is -1.59. The van der Waals surface area contributed by atoms with Gasteiger partial charge in [0.2, 0.25) is 0 Å². The van der Waals surface area contributed by atoms with Crippen LogP contribution in [0.15, 0.2) is 35.2 Å². The van der Waals surface area contributed by atoms with Crippen molar-refractivity contribution in [3.05, 3.63) is 40.7 Å². The van der Waals surface area contributed by atoms with E-state index in [4.69, 9.17) is 5.11 Å². The topological polar surface area (TPSA) is 48.4 Å². The highest BCUT2D eigenvalue weighted by Crippen LogP contribution is 2.14. The minimum Gasteiger partial charge on any atom is -0.395 e. The van der Waals surface area contributed by atoms with Gasteiger partial charge in [-0.2, -0.15) is 11.3 Å². The van der Waals surface area contributed by atoms with Crippen LogP contribution in [0.4, 0.5) is 11.5 Å². The fourth-order valence-electron chi connectivity index (χ4n) is 1.58. The van der Waals surface area contributed by atoms with Crippen LogP contribution in [0.25, 0.3) is 0 Å². The Bertz CT molecular complexity index is 456. The minimum atomic E-state index is 0.147. The molecule has 0 bridgehead atoms. The zero-order valence-corrected chi connectivity index (χ0v) is 11.2. The first-order valence-electron chi connectivity index (χ1n) is 5.82. The third-order valence-corrected chi connectivity index (χ3v) is 3.41. The fourth-order valence-corrected chi connectivity index (χ4v) is 2.25. The van der Waals surface area contributed by atoms with Crippen LogP contribution in [0.2, 0.25) is 0 Å². The van der Waals surface area contributed by atoms with Gasteiger partial charge in [-0.3, -0.25) is 0 Å². The number of hydrogen-bond donors (Lipinski definition) is 2. The molecule has 0 saturated heterocycles. The Morgan fingerprint density at radius 2 is 2.28 bits per heavy atom. The standard InChI is InChI=1S/C13H17N3OS/c1-16(5-6-17)12-2-3-13(15-9-12)14-8-11-4-7-18-10-11/h2-4,7,9-10,17H,5-6,8H2,1H3,(H,14,15). The van der Waals surface area contributed by atoms with Gasteiger partial charge in [-0.15, -0.1) is 0 Å². The van der Waals surface area contributed by atoms with E-state index in [1.807, 2.05) is 30.3 Å². The van der Waals surface area contributed by atoms with E-state index in [1.54, 1.807) is 11.3 Å². The lowest BCUT2D eigenvalue weighted by molar-refractivity contribution is 0.304. The molecule has 2 rings (SSSR count). The average molecular weight is 263 g/mol. The maximum absolute atomic E-state index is 8.87. The Balaban J connectivity index is 1.91. The fraction of sp³-hybridized carbons (Fsp3) is 0.308. The number of nitrogens with zero attached hydrogens (tertiary/aromatic N) is 2. The summed E-state index contributed by atoms with van der Waals surface area (Å²) >= 11 is 1.70. The second-order valence-electron chi connectivity index (χ2n) is 4.03. The number of pyridine rings is 1. The Kier molecular flexibility index (Phi) is 4.55. The molecule has 0 unspecified atom stereocenters. The van der Waals surface area contributed by atoms with E-state index in [1.165, 1.54) is 5.56 Å². The van der Waals surface area contributed by atoms with Crippen molar-refractivity contribution in [1.82, 2.24) is 4.98 Å². The number of rotatable bonds is 6. The molecule has 0 aliphatic rings. The van der Waals surface area contributed by atoms with Crippen molar-refractivity contribution < 1.29 is 5.11 Å². The van der Waals surface area contributed by atoms with Gasteiger partial charge in [-0.25, -0.2) is 4.98 Å². The van der Waals surface area contributed by atoms with Crippen molar-refractivity contribution in [2.75, 3.05) is 30.4 Å². The number of thiophene rings is 1. The molecule has 0 radical (unpaired) electrons. The van der Waals surface area contributed by atoms with Gasteiger partial charge in [0.25, 0.3) is 0 Å². The van der Waals surface area contributed by atoms with Crippen molar-refractivity contribution in [3.8, 4) is 0 Å². The van der Waals surface area contributed by atoms with Crippen molar-refractivity contribution >= 4 is 22.8 Å². The Morgan fingerprint density at radius 1 is 1.39 bits per heavy atom. The third kappa shape index (κ3) is 3.45. The lowest BCUT2D eigenvalue weighted by Gasteiger charge is -2.17. The third-order valence-electron chi connectivity index (χ3n) is 2.68. The molecule has 2 aromatic rings. The van der Waals surface area contributed by atoms with E-state index in [0.717, 1.165) is 18.1 Å². The SMILES string of the molecule is CN(CCO)c1ccc(NCc2ccsc2)nc1. The van der Waals surface area contributed by atoms with E-state index in [2.05, 4.69) is 27.1 Å². The van der Waals surface area contributed by atoms with Crippen LogP contribution in [-0.4, -0.2) is 30.3 Å². The predicted molar refractivity (Wildman–Crippen MR) is 76.2 cm³/mol. The zero-order valence-electron chi connectivity index (χ0n) is 10.3. The highest BCUT2D eigenvalue weighted by molar-refractivity contribution is 7.07. The summed E-state index contributed by atoms with van der Waals surface area (Å²) in [6.45, 7) is 1.56. The highest BCUT2D eigenvalue weighted by Gasteiger charge is 2.01. The molecule has 0 amide bonds. The van der Waals surface area contributed by atoms with Gasteiger partial charge in [-0.05, 0) is 34.5 Å². The molecule has 96 valence electrons. The quantitative estimate of drug-likeness (QED) is 0.838. The summed E-state index contributed by atoms with van der Waals surface area (Å²) in [6, 6.07) is 6.05. The number of aliphatic hydroxyl groups excluding tert-OH is 1. The van der Waals surface area contributed by atoms with E-state index >= 15 is 0 Å². The van der Waals surface area contributed by atoms with Gasteiger partial charge in [0.15, 0.2) is 0 Å². The van der Waals surface area contributed by atoms with E-state index in [9.17, 15) is 0 Å². The van der Waals surface area contributed by atoms with E-state index in [-0.39, 0.29) is 6.61 Å². The highest BCUT2D eigenvalue weighted by atomic mass is 32.1. The molecule has 4 nitrogen and oxygen atoms in total. The molecule has 0 aliphatic heterocycles. The average Bonchev–Trinajstić information content (AvgIpc) is 2.90.